The molecule has 0 unspecified atom stereocenters. The van der Waals surface area contributed by atoms with Crippen molar-refractivity contribution < 1.29 is 9.53 Å². The molecule has 0 aliphatic heterocycles. The van der Waals surface area contributed by atoms with Crippen molar-refractivity contribution in [2.45, 2.75) is 27.2 Å². The van der Waals surface area contributed by atoms with Gasteiger partial charge in [0.1, 0.15) is 0 Å². The second kappa shape index (κ2) is 6.39. The summed E-state index contributed by atoms with van der Waals surface area (Å²) < 4.78 is 5.13. The molecular formula is C12H18N2O2S. The molecule has 1 aromatic heterocycles. The van der Waals surface area contributed by atoms with E-state index in [1.807, 2.05) is 26.8 Å². The highest BCUT2D eigenvalue weighted by atomic mass is 32.1. The van der Waals surface area contributed by atoms with Crippen LogP contribution in [-0.4, -0.2) is 17.6 Å². The van der Waals surface area contributed by atoms with Crippen LogP contribution in [0.25, 0.3) is 5.57 Å². The molecule has 0 aromatic carbocycles. The van der Waals surface area contributed by atoms with E-state index in [4.69, 9.17) is 10.5 Å². The molecule has 0 amide bonds. The van der Waals surface area contributed by atoms with Crippen molar-refractivity contribution in [2.75, 3.05) is 12.3 Å². The summed E-state index contributed by atoms with van der Waals surface area (Å²) in [5.74, 6) is -0.0760. The molecule has 1 rings (SSSR count). The minimum absolute atomic E-state index is 0.252. The van der Waals surface area contributed by atoms with Gasteiger partial charge in [-0.05, 0) is 12.3 Å². The third-order valence-corrected chi connectivity index (χ3v) is 2.63. The van der Waals surface area contributed by atoms with Crippen molar-refractivity contribution in [3.8, 4) is 0 Å². The maximum Gasteiger partial charge on any atom is 0.340 e. The predicted octanol–water partition coefficient (Wildman–Crippen LogP) is 2.72. The number of anilines is 1. The number of esters is 1. The number of carbonyl (C=O) groups excluding carboxylic acids is 1. The molecule has 1 heterocycles. The summed E-state index contributed by atoms with van der Waals surface area (Å²) in [6.07, 6.45) is 2.66. The molecule has 4 nitrogen and oxygen atoms in total. The lowest BCUT2D eigenvalue weighted by atomic mass is 10.1. The van der Waals surface area contributed by atoms with Gasteiger partial charge in [0, 0.05) is 5.38 Å². The first kappa shape index (κ1) is 13.7. The first-order chi connectivity index (χ1) is 8.04. The first-order valence-electron chi connectivity index (χ1n) is 5.65. The van der Waals surface area contributed by atoms with Crippen LogP contribution >= 0.6 is 11.3 Å². The van der Waals surface area contributed by atoms with E-state index >= 15 is 0 Å². The Labute approximate surface area is 106 Å². The smallest absolute Gasteiger partial charge is 0.340 e. The molecule has 1 aromatic rings. The molecule has 0 spiro atoms. The predicted molar refractivity (Wildman–Crippen MR) is 70.6 cm³/mol. The maximum absolute atomic E-state index is 11.9. The zero-order valence-electron chi connectivity index (χ0n) is 10.4. The Bertz CT molecular complexity index is 410. The summed E-state index contributed by atoms with van der Waals surface area (Å²) in [6.45, 7) is 6.39. The van der Waals surface area contributed by atoms with E-state index in [0.29, 0.717) is 23.0 Å². The minimum atomic E-state index is -0.328. The van der Waals surface area contributed by atoms with Crippen LogP contribution in [0, 0.1) is 5.92 Å². The average molecular weight is 254 g/mol. The standard InChI is InChI=1S/C12H18N2O2S/c1-4-5-16-11(15)9(6-8(2)3)10-7-17-12(13)14-10/h6-8H,4-5H2,1-3H3,(H2,13,14)/b9-6+. The number of hydrogen-bond donors (Lipinski definition) is 1. The summed E-state index contributed by atoms with van der Waals surface area (Å²) in [6, 6.07) is 0. The normalized spacial score (nSPS) is 11.9. The molecule has 0 bridgehead atoms. The van der Waals surface area contributed by atoms with Crippen LogP contribution in [0.2, 0.25) is 0 Å². The maximum atomic E-state index is 11.9. The lowest BCUT2D eigenvalue weighted by molar-refractivity contribution is -0.136. The van der Waals surface area contributed by atoms with Crippen molar-refractivity contribution in [2.24, 2.45) is 5.92 Å². The number of thiazole rings is 1. The molecule has 17 heavy (non-hydrogen) atoms. The Kier molecular flexibility index (Phi) is 5.15. The fourth-order valence-corrected chi connectivity index (χ4v) is 1.84. The average Bonchev–Trinajstić information content (AvgIpc) is 2.69. The van der Waals surface area contributed by atoms with Crippen LogP contribution in [0.5, 0.6) is 0 Å². The van der Waals surface area contributed by atoms with Crippen molar-refractivity contribution >= 4 is 28.0 Å². The van der Waals surface area contributed by atoms with Crippen LogP contribution in [-0.2, 0) is 9.53 Å². The van der Waals surface area contributed by atoms with Gasteiger partial charge in [0.15, 0.2) is 5.13 Å². The van der Waals surface area contributed by atoms with Gasteiger partial charge in [0.05, 0.1) is 17.9 Å². The molecule has 0 saturated heterocycles. The van der Waals surface area contributed by atoms with Gasteiger partial charge < -0.3 is 10.5 Å². The van der Waals surface area contributed by atoms with E-state index in [2.05, 4.69) is 4.98 Å². The van der Waals surface area contributed by atoms with Crippen LogP contribution < -0.4 is 5.73 Å². The summed E-state index contributed by atoms with van der Waals surface area (Å²) in [5.41, 5.74) is 6.68. The Balaban J connectivity index is 2.92. The number of nitrogens with zero attached hydrogens (tertiary/aromatic N) is 1. The Morgan fingerprint density at radius 1 is 1.65 bits per heavy atom. The molecule has 2 N–H and O–H groups in total. The lowest BCUT2D eigenvalue weighted by Crippen LogP contribution is -2.09. The summed E-state index contributed by atoms with van der Waals surface area (Å²) >= 11 is 1.32. The number of aromatic nitrogens is 1. The van der Waals surface area contributed by atoms with Gasteiger partial charge in [0.2, 0.25) is 0 Å². The topological polar surface area (TPSA) is 65.2 Å². The van der Waals surface area contributed by atoms with Crippen LogP contribution in [0.15, 0.2) is 11.5 Å². The quantitative estimate of drug-likeness (QED) is 0.648. The zero-order valence-corrected chi connectivity index (χ0v) is 11.2. The molecule has 94 valence electrons. The molecule has 0 atom stereocenters. The summed E-state index contributed by atoms with van der Waals surface area (Å²) in [7, 11) is 0. The van der Waals surface area contributed by atoms with Gasteiger partial charge in [-0.15, -0.1) is 11.3 Å². The van der Waals surface area contributed by atoms with Gasteiger partial charge in [-0.3, -0.25) is 0 Å². The highest BCUT2D eigenvalue weighted by Gasteiger charge is 2.16. The van der Waals surface area contributed by atoms with Gasteiger partial charge in [-0.1, -0.05) is 26.8 Å². The van der Waals surface area contributed by atoms with E-state index in [9.17, 15) is 4.79 Å². The van der Waals surface area contributed by atoms with E-state index in [1.165, 1.54) is 11.3 Å². The monoisotopic (exact) mass is 254 g/mol. The third-order valence-electron chi connectivity index (χ3n) is 1.96. The number of rotatable bonds is 5. The van der Waals surface area contributed by atoms with Crippen LogP contribution in [0.4, 0.5) is 5.13 Å². The van der Waals surface area contributed by atoms with E-state index < -0.39 is 0 Å². The van der Waals surface area contributed by atoms with Gasteiger partial charge in [0.25, 0.3) is 0 Å². The van der Waals surface area contributed by atoms with Crippen LogP contribution in [0.1, 0.15) is 32.9 Å². The van der Waals surface area contributed by atoms with Crippen molar-refractivity contribution in [3.63, 3.8) is 0 Å². The molecule has 0 fully saturated rings. The van der Waals surface area contributed by atoms with Gasteiger partial charge >= 0.3 is 5.97 Å². The third kappa shape index (κ3) is 4.19. The van der Waals surface area contributed by atoms with Gasteiger partial charge in [-0.2, -0.15) is 0 Å². The van der Waals surface area contributed by atoms with E-state index in [0.717, 1.165) is 6.42 Å². The SMILES string of the molecule is CCCOC(=O)/C(=C/C(C)C)c1csc(N)n1. The van der Waals surface area contributed by atoms with Crippen molar-refractivity contribution in [1.29, 1.82) is 0 Å². The highest BCUT2D eigenvalue weighted by molar-refractivity contribution is 7.13. The number of nitrogens with two attached hydrogens (primary N) is 1. The van der Waals surface area contributed by atoms with Crippen molar-refractivity contribution in [3.05, 3.63) is 17.2 Å². The molecule has 0 aliphatic carbocycles. The molecule has 0 aliphatic rings. The Hall–Kier alpha value is -1.36. The Morgan fingerprint density at radius 2 is 2.35 bits per heavy atom. The highest BCUT2D eigenvalue weighted by Crippen LogP contribution is 2.22. The number of hydrogen-bond acceptors (Lipinski definition) is 5. The van der Waals surface area contributed by atoms with E-state index in [1.54, 1.807) is 5.38 Å². The second-order valence-electron chi connectivity index (χ2n) is 4.03. The summed E-state index contributed by atoms with van der Waals surface area (Å²) in [4.78, 5) is 16.0. The molecular weight excluding hydrogens is 236 g/mol. The lowest BCUT2D eigenvalue weighted by Gasteiger charge is -2.06. The zero-order chi connectivity index (χ0) is 12.8. The summed E-state index contributed by atoms with van der Waals surface area (Å²) in [5, 5.41) is 2.23. The van der Waals surface area contributed by atoms with Gasteiger partial charge in [-0.25, -0.2) is 9.78 Å². The Morgan fingerprint density at radius 3 is 2.82 bits per heavy atom. The molecule has 5 heteroatoms. The number of nitrogen functional groups attached to an aromatic ring is 1. The molecule has 0 radical (unpaired) electrons. The number of allylic oxidation sites excluding steroid dienone is 1. The van der Waals surface area contributed by atoms with E-state index in [-0.39, 0.29) is 11.9 Å². The second-order valence-corrected chi connectivity index (χ2v) is 4.92. The number of ether oxygens (including phenoxy) is 1. The largest absolute Gasteiger partial charge is 0.462 e. The van der Waals surface area contributed by atoms with Crippen molar-refractivity contribution in [1.82, 2.24) is 4.98 Å². The fourth-order valence-electron chi connectivity index (χ4n) is 1.28. The first-order valence-corrected chi connectivity index (χ1v) is 6.52. The van der Waals surface area contributed by atoms with Crippen LogP contribution in [0.3, 0.4) is 0 Å². The number of carbonyl (C=O) groups is 1. The fraction of sp³-hybridized carbons (Fsp3) is 0.500. The minimum Gasteiger partial charge on any atom is -0.462 e. The molecule has 0 saturated carbocycles.